The van der Waals surface area contributed by atoms with E-state index in [0.29, 0.717) is 18.4 Å². The van der Waals surface area contributed by atoms with E-state index in [1.165, 1.54) is 5.57 Å². The van der Waals surface area contributed by atoms with Crippen molar-refractivity contribution in [2.24, 2.45) is 34.0 Å². The third-order valence-electron chi connectivity index (χ3n) is 9.88. The molecule has 0 spiro atoms. The molecule has 4 aliphatic rings. The maximum atomic E-state index is 12.9. The molecule has 0 radical (unpaired) electrons. The van der Waals surface area contributed by atoms with Crippen molar-refractivity contribution in [2.45, 2.75) is 78.4 Å². The molecule has 8 atom stereocenters. The van der Waals surface area contributed by atoms with E-state index in [1.54, 1.807) is 0 Å². The number of carboxylic acid groups (broad SMARTS) is 1. The lowest BCUT2D eigenvalue weighted by atomic mass is 9.39. The number of allylic oxidation sites excluding steroid dienone is 5. The molecule has 0 aliphatic heterocycles. The lowest BCUT2D eigenvalue weighted by Crippen LogP contribution is -2.66. The fourth-order valence-corrected chi connectivity index (χ4v) is 7.93. The van der Waals surface area contributed by atoms with E-state index in [4.69, 9.17) is 9.90 Å². The van der Waals surface area contributed by atoms with Gasteiger partial charge in [-0.2, -0.15) is 0 Å². The number of hydrogen-bond acceptors (Lipinski definition) is 5. The van der Waals surface area contributed by atoms with Crippen LogP contribution >= 0.6 is 0 Å². The van der Waals surface area contributed by atoms with E-state index in [0.717, 1.165) is 19.3 Å². The summed E-state index contributed by atoms with van der Waals surface area (Å²) in [6.07, 6.45) is 8.53. The highest BCUT2D eigenvalue weighted by Crippen LogP contribution is 2.72. The number of hydrogen-bond donors (Lipinski definition) is 3. The molecule has 6 nitrogen and oxygen atoms in total. The third-order valence-corrected chi connectivity index (χ3v) is 9.88. The zero-order valence-corrected chi connectivity index (χ0v) is 19.7. The van der Waals surface area contributed by atoms with Gasteiger partial charge in [-0.1, -0.05) is 46.3 Å². The van der Waals surface area contributed by atoms with Crippen LogP contribution in [0, 0.1) is 34.0 Å². The first-order chi connectivity index (χ1) is 14.9. The Hall–Kier alpha value is -2.01. The summed E-state index contributed by atoms with van der Waals surface area (Å²) < 4.78 is 0. The topological polar surface area (TPSA) is 112 Å². The van der Waals surface area contributed by atoms with Gasteiger partial charge in [-0.15, -0.1) is 0 Å². The van der Waals surface area contributed by atoms with Crippen molar-refractivity contribution < 1.29 is 29.7 Å². The number of aliphatic hydroxyl groups is 2. The van der Waals surface area contributed by atoms with Gasteiger partial charge in [-0.3, -0.25) is 9.59 Å². The second-order valence-electron chi connectivity index (χ2n) is 10.7. The molecule has 5 unspecified atom stereocenters. The highest BCUT2D eigenvalue weighted by atomic mass is 16.3. The molecule has 0 aromatic rings. The number of carbonyl (C=O) groups excluding carboxylic acids is 2. The Balaban J connectivity index is 0.000000913. The van der Waals surface area contributed by atoms with Crippen molar-refractivity contribution in [2.75, 3.05) is 0 Å². The molecular weight excluding hydrogens is 408 g/mol. The lowest BCUT2D eigenvalue weighted by Gasteiger charge is -2.65. The van der Waals surface area contributed by atoms with Gasteiger partial charge < -0.3 is 15.3 Å². The van der Waals surface area contributed by atoms with E-state index < -0.39 is 22.5 Å². The van der Waals surface area contributed by atoms with Crippen LogP contribution in [0.3, 0.4) is 0 Å². The van der Waals surface area contributed by atoms with Gasteiger partial charge in [-0.25, -0.2) is 4.79 Å². The summed E-state index contributed by atoms with van der Waals surface area (Å²) in [7, 11) is 0. The fourth-order valence-electron chi connectivity index (χ4n) is 7.93. The second kappa shape index (κ2) is 8.09. The molecule has 0 aromatic carbocycles. The molecule has 0 saturated heterocycles. The van der Waals surface area contributed by atoms with E-state index in [-0.39, 0.29) is 35.4 Å². The largest absolute Gasteiger partial charge is 0.483 e. The molecule has 3 fully saturated rings. The minimum atomic E-state index is -1.37. The SMILES string of the molecule is CCC(=O)[C@@]1(O)C(C)CC2[C@@H]3CCC4=CC(=C=O)C=CC4(C)[C@@]3(C)C(O)CC21C.O=CO. The number of ketones is 1. The van der Waals surface area contributed by atoms with Gasteiger partial charge in [0, 0.05) is 22.7 Å². The first kappa shape index (κ1) is 24.6. The van der Waals surface area contributed by atoms with E-state index in [2.05, 4.69) is 19.9 Å². The molecule has 3 saturated carbocycles. The Morgan fingerprint density at radius 1 is 1.28 bits per heavy atom. The van der Waals surface area contributed by atoms with E-state index >= 15 is 0 Å². The van der Waals surface area contributed by atoms with Gasteiger partial charge in [0.25, 0.3) is 6.47 Å². The standard InChI is InChI=1S/C25H34O4.CH2O2/c1-6-20(27)25(29)15(2)11-19-18-8-7-17-12-16(14-26)9-10-22(17,3)24(18,5)21(28)13-23(19,25)4;2-1-3/h9-10,12,15,18-19,21,28-29H,6-8,11,13H2,1-5H3;1H,(H,2,3)/t15?,18-,19?,21?,22?,23?,24+,25-;/m0./s1. The van der Waals surface area contributed by atoms with Crippen LogP contribution in [-0.2, 0) is 14.4 Å². The van der Waals surface area contributed by atoms with Crippen molar-refractivity contribution in [3.63, 3.8) is 0 Å². The molecule has 3 N–H and O–H groups in total. The maximum absolute atomic E-state index is 12.9. The van der Waals surface area contributed by atoms with Crippen LogP contribution in [0.2, 0.25) is 0 Å². The molecule has 0 bridgehead atoms. The van der Waals surface area contributed by atoms with Gasteiger partial charge in [0.15, 0.2) is 5.78 Å². The summed E-state index contributed by atoms with van der Waals surface area (Å²) in [5.74, 6) is 2.17. The Bertz CT molecular complexity index is 913. The predicted octanol–water partition coefficient (Wildman–Crippen LogP) is 3.50. The van der Waals surface area contributed by atoms with Crippen molar-refractivity contribution in [3.05, 3.63) is 29.4 Å². The maximum Gasteiger partial charge on any atom is 0.290 e. The molecule has 4 aliphatic carbocycles. The van der Waals surface area contributed by atoms with Crippen LogP contribution in [0.4, 0.5) is 0 Å². The fraction of sp³-hybridized carbons (Fsp3) is 0.692. The summed E-state index contributed by atoms with van der Waals surface area (Å²) in [6, 6.07) is 0. The Morgan fingerprint density at radius 3 is 2.47 bits per heavy atom. The second-order valence-corrected chi connectivity index (χ2v) is 10.7. The van der Waals surface area contributed by atoms with Crippen molar-refractivity contribution in [1.29, 1.82) is 0 Å². The Kier molecular flexibility index (Phi) is 6.23. The number of rotatable bonds is 2. The zero-order chi connectivity index (χ0) is 24.1. The Labute approximate surface area is 190 Å². The molecule has 32 heavy (non-hydrogen) atoms. The number of carbonyl (C=O) groups is 2. The van der Waals surface area contributed by atoms with Crippen LogP contribution in [0.1, 0.15) is 66.7 Å². The molecule has 0 aromatic heterocycles. The molecule has 0 heterocycles. The monoisotopic (exact) mass is 444 g/mol. The van der Waals surface area contributed by atoms with Crippen LogP contribution < -0.4 is 0 Å². The van der Waals surface area contributed by atoms with E-state index in [9.17, 15) is 19.8 Å². The van der Waals surface area contributed by atoms with Crippen LogP contribution in [-0.4, -0.2) is 45.2 Å². The average Bonchev–Trinajstić information content (AvgIpc) is 2.95. The smallest absolute Gasteiger partial charge is 0.290 e. The summed E-state index contributed by atoms with van der Waals surface area (Å²) >= 11 is 0. The minimum absolute atomic E-state index is 0.0910. The number of Topliss-reactive ketones (excluding diaryl/α,β-unsaturated/α-hetero) is 1. The number of fused-ring (bicyclic) bond motifs is 5. The quantitative estimate of drug-likeness (QED) is 0.444. The molecule has 176 valence electrons. The first-order valence-corrected chi connectivity index (χ1v) is 11.6. The summed E-state index contributed by atoms with van der Waals surface area (Å²) in [4.78, 5) is 32.5. The molecular formula is C26H36O6. The minimum Gasteiger partial charge on any atom is -0.483 e. The highest BCUT2D eigenvalue weighted by Gasteiger charge is 2.73. The van der Waals surface area contributed by atoms with Crippen LogP contribution in [0.5, 0.6) is 0 Å². The van der Waals surface area contributed by atoms with Crippen LogP contribution in [0.15, 0.2) is 29.4 Å². The van der Waals surface area contributed by atoms with Crippen molar-refractivity contribution >= 4 is 18.2 Å². The number of aliphatic hydroxyl groups excluding tert-OH is 1. The van der Waals surface area contributed by atoms with Crippen molar-refractivity contribution in [1.82, 2.24) is 0 Å². The summed E-state index contributed by atoms with van der Waals surface area (Å²) in [5.41, 5.74) is -1.01. The van der Waals surface area contributed by atoms with Gasteiger partial charge in [0.05, 0.1) is 11.7 Å². The van der Waals surface area contributed by atoms with Gasteiger partial charge in [0.2, 0.25) is 0 Å². The normalized spacial score (nSPS) is 46.5. The Morgan fingerprint density at radius 2 is 1.91 bits per heavy atom. The molecule has 4 rings (SSSR count). The van der Waals surface area contributed by atoms with Gasteiger partial charge in [-0.05, 0) is 55.6 Å². The van der Waals surface area contributed by atoms with Gasteiger partial charge in [0.1, 0.15) is 11.5 Å². The summed E-state index contributed by atoms with van der Waals surface area (Å²) in [5, 5.41) is 30.2. The average molecular weight is 445 g/mol. The molecule has 0 amide bonds. The first-order valence-electron chi connectivity index (χ1n) is 11.6. The predicted molar refractivity (Wildman–Crippen MR) is 120 cm³/mol. The third kappa shape index (κ3) is 2.89. The lowest BCUT2D eigenvalue weighted by molar-refractivity contribution is -0.207. The van der Waals surface area contributed by atoms with Crippen LogP contribution in [0.25, 0.3) is 0 Å². The van der Waals surface area contributed by atoms with Crippen molar-refractivity contribution in [3.8, 4) is 0 Å². The molecule has 6 heteroatoms. The van der Waals surface area contributed by atoms with E-state index in [1.807, 2.05) is 38.9 Å². The summed E-state index contributed by atoms with van der Waals surface area (Å²) in [6.45, 7) is 9.96. The van der Waals surface area contributed by atoms with Gasteiger partial charge >= 0.3 is 0 Å². The zero-order valence-electron chi connectivity index (χ0n) is 19.7. The highest BCUT2D eigenvalue weighted by molar-refractivity contribution is 5.88.